The molecule has 0 amide bonds. The van der Waals surface area contributed by atoms with Gasteiger partial charge in [0, 0.05) is 25.3 Å². The fraction of sp³-hybridized carbons (Fsp3) is 0.500. The minimum Gasteiger partial charge on any atom is -0.466 e. The quantitative estimate of drug-likeness (QED) is 0.690. The summed E-state index contributed by atoms with van der Waals surface area (Å²) in [5.74, 6) is -0.294. The molecule has 0 saturated carbocycles. The van der Waals surface area contributed by atoms with Crippen LogP contribution in [0.4, 0.5) is 0 Å². The van der Waals surface area contributed by atoms with Gasteiger partial charge in [0.05, 0.1) is 18.2 Å². The molecule has 3 atom stereocenters. The van der Waals surface area contributed by atoms with Crippen LogP contribution in [-0.2, 0) is 33.0 Å². The van der Waals surface area contributed by atoms with Crippen molar-refractivity contribution in [3.8, 4) is 0 Å². The van der Waals surface area contributed by atoms with Crippen molar-refractivity contribution in [2.75, 3.05) is 6.61 Å². The van der Waals surface area contributed by atoms with Gasteiger partial charge in [-0.15, -0.1) is 0 Å². The Labute approximate surface area is 165 Å². The molecule has 2 aliphatic rings. The maximum atomic E-state index is 13.3. The Hall–Kier alpha value is -2.19. The van der Waals surface area contributed by atoms with Gasteiger partial charge in [-0.25, -0.2) is 8.42 Å². The van der Waals surface area contributed by atoms with E-state index in [0.717, 1.165) is 12.0 Å². The van der Waals surface area contributed by atoms with Gasteiger partial charge in [0.15, 0.2) is 0 Å². The van der Waals surface area contributed by atoms with E-state index in [2.05, 4.69) is 5.10 Å². The Morgan fingerprint density at radius 2 is 2.04 bits per heavy atom. The second-order valence-electron chi connectivity index (χ2n) is 7.67. The maximum Gasteiger partial charge on any atom is 0.314 e. The predicted molar refractivity (Wildman–Crippen MR) is 103 cm³/mol. The first-order chi connectivity index (χ1) is 13.4. The SMILES string of the molecule is CCOC(=O)[C@@]1(Cc2ccccc2)C[C@H]2CC[C@@H]1N2S(=O)(=O)c1cnn(C)c1. The maximum absolute atomic E-state index is 13.3. The first-order valence-electron chi connectivity index (χ1n) is 9.62. The topological polar surface area (TPSA) is 81.5 Å². The molecule has 0 radical (unpaired) electrons. The fourth-order valence-corrected chi connectivity index (χ4v) is 6.79. The van der Waals surface area contributed by atoms with E-state index in [4.69, 9.17) is 4.74 Å². The molecule has 2 saturated heterocycles. The highest BCUT2D eigenvalue weighted by Gasteiger charge is 2.63. The second-order valence-corrected chi connectivity index (χ2v) is 9.52. The van der Waals surface area contributed by atoms with Crippen LogP contribution in [0.3, 0.4) is 0 Å². The fourth-order valence-electron chi connectivity index (χ4n) is 4.86. The Morgan fingerprint density at radius 3 is 2.68 bits per heavy atom. The molecular formula is C20H25N3O4S. The van der Waals surface area contributed by atoms with E-state index in [1.807, 2.05) is 30.3 Å². The summed E-state index contributed by atoms with van der Waals surface area (Å²) in [4.78, 5) is 13.3. The van der Waals surface area contributed by atoms with Crippen LogP contribution >= 0.6 is 0 Å². The molecule has 3 heterocycles. The molecule has 2 aromatic rings. The highest BCUT2D eigenvalue weighted by molar-refractivity contribution is 7.89. The summed E-state index contributed by atoms with van der Waals surface area (Å²) in [6.07, 6.45) is 5.28. The number of esters is 1. The van der Waals surface area contributed by atoms with Crippen molar-refractivity contribution in [2.45, 2.75) is 49.6 Å². The van der Waals surface area contributed by atoms with E-state index in [-0.39, 0.29) is 23.5 Å². The molecule has 0 aliphatic carbocycles. The van der Waals surface area contributed by atoms with Gasteiger partial charge in [-0.1, -0.05) is 30.3 Å². The lowest BCUT2D eigenvalue weighted by Gasteiger charge is -2.35. The van der Waals surface area contributed by atoms with Crippen LogP contribution in [0.1, 0.15) is 31.7 Å². The van der Waals surface area contributed by atoms with Crippen molar-refractivity contribution in [2.24, 2.45) is 12.5 Å². The third-order valence-electron chi connectivity index (χ3n) is 5.98. The van der Waals surface area contributed by atoms with Crippen LogP contribution in [0.2, 0.25) is 0 Å². The minimum absolute atomic E-state index is 0.172. The number of carbonyl (C=O) groups excluding carboxylic acids is 1. The molecule has 2 fully saturated rings. The largest absolute Gasteiger partial charge is 0.466 e. The smallest absolute Gasteiger partial charge is 0.314 e. The lowest BCUT2D eigenvalue weighted by Crippen LogP contribution is -2.47. The van der Waals surface area contributed by atoms with E-state index < -0.39 is 21.5 Å². The molecule has 28 heavy (non-hydrogen) atoms. The normalized spacial score (nSPS) is 27.2. The van der Waals surface area contributed by atoms with Crippen molar-refractivity contribution in [1.82, 2.24) is 14.1 Å². The molecule has 0 N–H and O–H groups in total. The summed E-state index contributed by atoms with van der Waals surface area (Å²) >= 11 is 0. The lowest BCUT2D eigenvalue weighted by molar-refractivity contribution is -0.157. The van der Waals surface area contributed by atoms with Gasteiger partial charge in [0.1, 0.15) is 4.90 Å². The first kappa shape index (κ1) is 19.1. The van der Waals surface area contributed by atoms with Crippen molar-refractivity contribution >= 4 is 16.0 Å². The van der Waals surface area contributed by atoms with Crippen LogP contribution in [-0.4, -0.2) is 47.2 Å². The second kappa shape index (κ2) is 7.00. The van der Waals surface area contributed by atoms with Crippen molar-refractivity contribution in [1.29, 1.82) is 0 Å². The molecule has 0 spiro atoms. The zero-order chi connectivity index (χ0) is 19.9. The summed E-state index contributed by atoms with van der Waals surface area (Å²) in [7, 11) is -2.03. The Balaban J connectivity index is 1.74. The average molecular weight is 404 g/mol. The van der Waals surface area contributed by atoms with Crippen LogP contribution in [0.15, 0.2) is 47.6 Å². The van der Waals surface area contributed by atoms with E-state index in [0.29, 0.717) is 19.3 Å². The Bertz CT molecular complexity index is 972. The van der Waals surface area contributed by atoms with Gasteiger partial charge >= 0.3 is 5.97 Å². The van der Waals surface area contributed by atoms with Crippen LogP contribution < -0.4 is 0 Å². The lowest BCUT2D eigenvalue weighted by atomic mass is 9.70. The number of aryl methyl sites for hydroxylation is 1. The summed E-state index contributed by atoms with van der Waals surface area (Å²) in [5, 5.41) is 4.01. The summed E-state index contributed by atoms with van der Waals surface area (Å²) < 4.78 is 35.2. The number of fused-ring (bicyclic) bond motifs is 2. The number of sulfonamides is 1. The molecule has 1 aromatic carbocycles. The molecule has 2 aliphatic heterocycles. The summed E-state index contributed by atoms with van der Waals surface area (Å²) in [5.41, 5.74) is 0.164. The number of hydrogen-bond donors (Lipinski definition) is 0. The number of hydrogen-bond acceptors (Lipinski definition) is 5. The van der Waals surface area contributed by atoms with E-state index in [1.54, 1.807) is 18.3 Å². The zero-order valence-electron chi connectivity index (χ0n) is 16.1. The number of nitrogens with zero attached hydrogens (tertiary/aromatic N) is 3. The summed E-state index contributed by atoms with van der Waals surface area (Å²) in [6, 6.07) is 9.17. The molecule has 150 valence electrons. The standard InChI is InChI=1S/C20H25N3O4S/c1-3-27-19(24)20(11-15-7-5-4-6-8-15)12-16-9-10-18(20)23(16)28(25,26)17-13-21-22(2)14-17/h4-8,13-14,16,18H,3,9-12H2,1-2H3/t16-,18+,20+/m1/s1. The number of aromatic nitrogens is 2. The molecule has 0 unspecified atom stereocenters. The highest BCUT2D eigenvalue weighted by Crippen LogP contribution is 2.54. The van der Waals surface area contributed by atoms with E-state index in [9.17, 15) is 13.2 Å². The first-order valence-corrected chi connectivity index (χ1v) is 11.1. The molecule has 1 aromatic heterocycles. The van der Waals surface area contributed by atoms with Crippen LogP contribution in [0, 0.1) is 5.41 Å². The molecule has 8 heteroatoms. The summed E-state index contributed by atoms with van der Waals surface area (Å²) in [6.45, 7) is 2.06. The molecular weight excluding hydrogens is 378 g/mol. The number of carbonyl (C=O) groups is 1. The Morgan fingerprint density at radius 1 is 1.29 bits per heavy atom. The third-order valence-corrected chi connectivity index (χ3v) is 7.89. The predicted octanol–water partition coefficient (Wildman–Crippen LogP) is 2.14. The van der Waals surface area contributed by atoms with Gasteiger partial charge in [-0.3, -0.25) is 9.48 Å². The van der Waals surface area contributed by atoms with E-state index >= 15 is 0 Å². The Kier molecular flexibility index (Phi) is 4.79. The zero-order valence-corrected chi connectivity index (χ0v) is 16.9. The minimum atomic E-state index is -3.72. The van der Waals surface area contributed by atoms with Gasteiger partial charge in [-0.05, 0) is 38.2 Å². The van der Waals surface area contributed by atoms with Crippen LogP contribution in [0.5, 0.6) is 0 Å². The van der Waals surface area contributed by atoms with Crippen molar-refractivity contribution < 1.29 is 17.9 Å². The number of rotatable bonds is 6. The van der Waals surface area contributed by atoms with Crippen molar-refractivity contribution in [3.63, 3.8) is 0 Å². The molecule has 2 bridgehead atoms. The van der Waals surface area contributed by atoms with Gasteiger partial charge in [-0.2, -0.15) is 9.40 Å². The van der Waals surface area contributed by atoms with Gasteiger partial charge < -0.3 is 4.74 Å². The highest BCUT2D eigenvalue weighted by atomic mass is 32.2. The third kappa shape index (κ3) is 2.95. The average Bonchev–Trinajstić information content (AvgIpc) is 3.37. The van der Waals surface area contributed by atoms with E-state index in [1.165, 1.54) is 17.1 Å². The number of benzene rings is 1. The van der Waals surface area contributed by atoms with Crippen LogP contribution in [0.25, 0.3) is 0 Å². The monoisotopic (exact) mass is 403 g/mol. The molecule has 7 nitrogen and oxygen atoms in total. The van der Waals surface area contributed by atoms with Gasteiger partial charge in [0.25, 0.3) is 0 Å². The van der Waals surface area contributed by atoms with Crippen molar-refractivity contribution in [3.05, 3.63) is 48.3 Å². The van der Waals surface area contributed by atoms with Gasteiger partial charge in [0.2, 0.25) is 10.0 Å². The number of ether oxygens (including phenoxy) is 1. The molecule has 4 rings (SSSR count).